The van der Waals surface area contributed by atoms with Crippen LogP contribution < -0.4 is 10.5 Å². The molecule has 0 radical (unpaired) electrons. The van der Waals surface area contributed by atoms with Crippen molar-refractivity contribution in [2.45, 2.75) is 65.5 Å². The molecule has 1 heterocycles. The van der Waals surface area contributed by atoms with Crippen LogP contribution >= 0.6 is 11.3 Å². The summed E-state index contributed by atoms with van der Waals surface area (Å²) in [5.41, 5.74) is 7.88. The van der Waals surface area contributed by atoms with E-state index in [0.717, 1.165) is 30.6 Å². The van der Waals surface area contributed by atoms with Crippen molar-refractivity contribution >= 4 is 17.3 Å². The SMILES string of the molecule is CCC(CCc1ccc(OCC(O)C(C)(C)C)c(CN)c1)c1ccc(C(=O)OC)s1. The molecule has 0 aliphatic rings. The summed E-state index contributed by atoms with van der Waals surface area (Å²) in [6.45, 7) is 8.76. The lowest BCUT2D eigenvalue weighted by molar-refractivity contribution is 0.0215. The maximum absolute atomic E-state index is 11.7. The number of aliphatic hydroxyl groups is 1. The average molecular weight is 434 g/mol. The predicted octanol–water partition coefficient (Wildman–Crippen LogP) is 4.91. The number of methoxy groups -OCH3 is 1. The van der Waals surface area contributed by atoms with Crippen molar-refractivity contribution in [2.75, 3.05) is 13.7 Å². The van der Waals surface area contributed by atoms with Gasteiger partial charge in [0.2, 0.25) is 0 Å². The maximum Gasteiger partial charge on any atom is 0.348 e. The summed E-state index contributed by atoms with van der Waals surface area (Å²) < 4.78 is 10.7. The van der Waals surface area contributed by atoms with E-state index in [1.807, 2.05) is 39.0 Å². The first-order chi connectivity index (χ1) is 14.2. The molecule has 0 aliphatic carbocycles. The van der Waals surface area contributed by atoms with E-state index in [-0.39, 0.29) is 18.0 Å². The molecular formula is C24H35NO4S. The Morgan fingerprint density at radius 2 is 1.97 bits per heavy atom. The standard InChI is InChI=1S/C24H35NO4S/c1-6-17(20-11-12-21(30-20)23(27)28-5)9-7-16-8-10-19(18(13-16)14-25)29-15-22(26)24(2,3)4/h8,10-13,17,22,26H,6-7,9,14-15,25H2,1-5H3. The van der Waals surface area contributed by atoms with E-state index in [1.54, 1.807) is 0 Å². The molecule has 166 valence electrons. The van der Waals surface area contributed by atoms with Gasteiger partial charge in [0.05, 0.1) is 13.2 Å². The highest BCUT2D eigenvalue weighted by Crippen LogP contribution is 2.32. The fourth-order valence-corrected chi connectivity index (χ4v) is 4.32. The molecule has 1 aromatic carbocycles. The Morgan fingerprint density at radius 1 is 1.23 bits per heavy atom. The molecule has 30 heavy (non-hydrogen) atoms. The van der Waals surface area contributed by atoms with Gasteiger partial charge in [-0.3, -0.25) is 0 Å². The average Bonchev–Trinajstić information content (AvgIpc) is 3.21. The fourth-order valence-electron chi connectivity index (χ4n) is 3.18. The number of hydrogen-bond donors (Lipinski definition) is 2. The topological polar surface area (TPSA) is 81.8 Å². The van der Waals surface area contributed by atoms with Crippen molar-refractivity contribution in [2.24, 2.45) is 11.1 Å². The van der Waals surface area contributed by atoms with Gasteiger partial charge in [0.1, 0.15) is 17.2 Å². The third kappa shape index (κ3) is 6.56. The molecule has 0 saturated heterocycles. The number of esters is 1. The summed E-state index contributed by atoms with van der Waals surface area (Å²) in [5, 5.41) is 10.2. The first-order valence-electron chi connectivity index (χ1n) is 10.5. The summed E-state index contributed by atoms with van der Waals surface area (Å²) in [6.07, 6.45) is 2.37. The number of aliphatic hydroxyl groups excluding tert-OH is 1. The zero-order valence-electron chi connectivity index (χ0n) is 18.7. The number of nitrogens with two attached hydrogens (primary N) is 1. The zero-order chi connectivity index (χ0) is 22.3. The lowest BCUT2D eigenvalue weighted by Gasteiger charge is -2.26. The van der Waals surface area contributed by atoms with Gasteiger partial charge in [-0.25, -0.2) is 4.79 Å². The number of hydrogen-bond acceptors (Lipinski definition) is 6. The smallest absolute Gasteiger partial charge is 0.348 e. The number of aryl methyl sites for hydroxylation is 1. The van der Waals surface area contributed by atoms with Gasteiger partial charge in [-0.2, -0.15) is 0 Å². The Kier molecular flexibility index (Phi) is 8.89. The number of thiophene rings is 1. The Balaban J connectivity index is 2.02. The van der Waals surface area contributed by atoms with Crippen LogP contribution in [0.25, 0.3) is 0 Å². The van der Waals surface area contributed by atoms with E-state index < -0.39 is 6.10 Å². The minimum Gasteiger partial charge on any atom is -0.491 e. The lowest BCUT2D eigenvalue weighted by Crippen LogP contribution is -2.32. The van der Waals surface area contributed by atoms with Crippen LogP contribution in [0.15, 0.2) is 30.3 Å². The highest BCUT2D eigenvalue weighted by Gasteiger charge is 2.23. The molecule has 2 aromatic rings. The molecule has 0 amide bonds. The Labute approximate surface area is 184 Å². The van der Waals surface area contributed by atoms with E-state index in [0.29, 0.717) is 17.3 Å². The third-order valence-corrected chi connectivity index (χ3v) is 6.66. The van der Waals surface area contributed by atoms with E-state index in [1.165, 1.54) is 28.9 Å². The van der Waals surface area contributed by atoms with Gasteiger partial charge in [0, 0.05) is 17.0 Å². The highest BCUT2D eigenvalue weighted by molar-refractivity contribution is 7.14. The van der Waals surface area contributed by atoms with Crippen LogP contribution in [0.3, 0.4) is 0 Å². The van der Waals surface area contributed by atoms with Crippen molar-refractivity contribution < 1.29 is 19.4 Å². The molecule has 5 nitrogen and oxygen atoms in total. The molecule has 2 rings (SSSR count). The Bertz CT molecular complexity index is 825. The molecule has 0 saturated carbocycles. The summed E-state index contributed by atoms with van der Waals surface area (Å²) in [4.78, 5) is 13.6. The molecule has 6 heteroatoms. The molecular weight excluding hydrogens is 398 g/mol. The van der Waals surface area contributed by atoms with Crippen molar-refractivity contribution in [1.82, 2.24) is 0 Å². The van der Waals surface area contributed by atoms with Gasteiger partial charge < -0.3 is 20.3 Å². The second kappa shape index (κ2) is 10.9. The van der Waals surface area contributed by atoms with E-state index in [9.17, 15) is 9.90 Å². The Hall–Kier alpha value is -1.89. The molecule has 1 aromatic heterocycles. The van der Waals surface area contributed by atoms with Gasteiger partial charge >= 0.3 is 5.97 Å². The van der Waals surface area contributed by atoms with Crippen LogP contribution in [0.1, 0.15) is 72.1 Å². The summed E-state index contributed by atoms with van der Waals surface area (Å²) in [7, 11) is 1.41. The summed E-state index contributed by atoms with van der Waals surface area (Å²) >= 11 is 1.52. The largest absolute Gasteiger partial charge is 0.491 e. The molecule has 2 atom stereocenters. The number of carbonyl (C=O) groups excluding carboxylic acids is 1. The third-order valence-electron chi connectivity index (χ3n) is 5.43. The van der Waals surface area contributed by atoms with Crippen molar-refractivity contribution in [1.29, 1.82) is 0 Å². The molecule has 0 bridgehead atoms. The van der Waals surface area contributed by atoms with Crippen LogP contribution in [-0.2, 0) is 17.7 Å². The monoisotopic (exact) mass is 433 g/mol. The summed E-state index contributed by atoms with van der Waals surface area (Å²) in [6, 6.07) is 10.0. The van der Waals surface area contributed by atoms with Gasteiger partial charge in [-0.1, -0.05) is 39.8 Å². The number of benzene rings is 1. The Morgan fingerprint density at radius 3 is 2.57 bits per heavy atom. The van der Waals surface area contributed by atoms with Crippen LogP contribution in [-0.4, -0.2) is 30.9 Å². The van der Waals surface area contributed by atoms with Crippen molar-refractivity contribution in [3.05, 3.63) is 51.2 Å². The quantitative estimate of drug-likeness (QED) is 0.521. The molecule has 0 aliphatic heterocycles. The molecule has 2 unspecified atom stereocenters. The minimum absolute atomic E-state index is 0.229. The van der Waals surface area contributed by atoms with Gasteiger partial charge in [-0.15, -0.1) is 11.3 Å². The summed E-state index contributed by atoms with van der Waals surface area (Å²) in [5.74, 6) is 0.853. The second-order valence-electron chi connectivity index (χ2n) is 8.68. The van der Waals surface area contributed by atoms with Crippen LogP contribution in [0.4, 0.5) is 0 Å². The van der Waals surface area contributed by atoms with Crippen LogP contribution in [0, 0.1) is 5.41 Å². The number of carbonyl (C=O) groups is 1. The predicted molar refractivity (Wildman–Crippen MR) is 122 cm³/mol. The second-order valence-corrected chi connectivity index (χ2v) is 9.79. The highest BCUT2D eigenvalue weighted by atomic mass is 32.1. The van der Waals surface area contributed by atoms with Crippen LogP contribution in [0.2, 0.25) is 0 Å². The first kappa shape index (κ1) is 24.4. The number of ether oxygens (including phenoxy) is 2. The van der Waals surface area contributed by atoms with Gasteiger partial charge in [0.15, 0.2) is 0 Å². The van der Waals surface area contributed by atoms with E-state index >= 15 is 0 Å². The van der Waals surface area contributed by atoms with E-state index in [2.05, 4.69) is 19.1 Å². The van der Waals surface area contributed by atoms with Crippen LogP contribution in [0.5, 0.6) is 5.75 Å². The lowest BCUT2D eigenvalue weighted by atomic mass is 9.90. The minimum atomic E-state index is -0.547. The molecule has 0 spiro atoms. The molecule has 0 fully saturated rings. The van der Waals surface area contributed by atoms with Gasteiger partial charge in [-0.05, 0) is 54.4 Å². The maximum atomic E-state index is 11.7. The van der Waals surface area contributed by atoms with Crippen molar-refractivity contribution in [3.63, 3.8) is 0 Å². The number of rotatable bonds is 10. The fraction of sp³-hybridized carbons (Fsp3) is 0.542. The zero-order valence-corrected chi connectivity index (χ0v) is 19.6. The first-order valence-corrected chi connectivity index (χ1v) is 11.3. The molecule has 3 N–H and O–H groups in total. The van der Waals surface area contributed by atoms with Gasteiger partial charge in [0.25, 0.3) is 0 Å². The van der Waals surface area contributed by atoms with Crippen molar-refractivity contribution in [3.8, 4) is 5.75 Å². The van der Waals surface area contributed by atoms with E-state index in [4.69, 9.17) is 15.2 Å². The normalized spacial score (nSPS) is 13.7.